The third kappa shape index (κ3) is 9.25. The topological polar surface area (TPSA) is 38.4 Å². The summed E-state index contributed by atoms with van der Waals surface area (Å²) in [6, 6.07) is 0. The van der Waals surface area contributed by atoms with E-state index >= 15 is 0 Å². The molecule has 0 fully saturated rings. The van der Waals surface area contributed by atoms with Gasteiger partial charge in [-0.15, -0.1) is 0 Å². The summed E-state index contributed by atoms with van der Waals surface area (Å²) in [4.78, 5) is 4.24. The number of aliphatic imine (C=N–C) groups is 1. The summed E-state index contributed by atoms with van der Waals surface area (Å²) in [5.74, 6) is 0.483. The summed E-state index contributed by atoms with van der Waals surface area (Å²) in [6.45, 7) is 7.31. The van der Waals surface area contributed by atoms with E-state index in [2.05, 4.69) is 44.0 Å². The van der Waals surface area contributed by atoms with Crippen molar-refractivity contribution < 1.29 is 0 Å². The van der Waals surface area contributed by atoms with Crippen LogP contribution in [0.5, 0.6) is 0 Å². The predicted octanol–water partition coefficient (Wildman–Crippen LogP) is 3.47. The molecule has 16 heavy (non-hydrogen) atoms. The molecule has 0 aromatic rings. The van der Waals surface area contributed by atoms with Crippen LogP contribution in [0.15, 0.2) is 41.1 Å². The molecule has 90 valence electrons. The second-order valence-corrected chi connectivity index (χ2v) is 3.97. The first-order chi connectivity index (χ1) is 7.70. The van der Waals surface area contributed by atoms with Crippen molar-refractivity contribution in [1.29, 1.82) is 0 Å². The van der Waals surface area contributed by atoms with E-state index in [1.165, 1.54) is 11.8 Å². The Hall–Kier alpha value is -1.31. The van der Waals surface area contributed by atoms with Crippen molar-refractivity contribution in [2.24, 2.45) is 16.6 Å². The molecule has 0 saturated heterocycles. The van der Waals surface area contributed by atoms with Crippen molar-refractivity contribution in [3.63, 3.8) is 0 Å². The lowest BCUT2D eigenvalue weighted by Crippen LogP contribution is -1.94. The number of allylic oxidation sites excluding steroid dienone is 4. The Morgan fingerprint density at radius 2 is 2.19 bits per heavy atom. The van der Waals surface area contributed by atoms with E-state index in [1.807, 2.05) is 0 Å². The number of rotatable bonds is 7. The summed E-state index contributed by atoms with van der Waals surface area (Å²) < 4.78 is 0. The van der Waals surface area contributed by atoms with E-state index in [1.54, 1.807) is 12.3 Å². The molecular formula is C14H24N2. The standard InChI is InChI=1S/C14H24N2/c1-4-7-13(2)8-5-9-14(3)12-16-11-6-10-15/h5-7,9-11,14H,4,8,12,15H2,1-3H3/b9-5-,10-6-,13-7-,16-11?. The van der Waals surface area contributed by atoms with Gasteiger partial charge < -0.3 is 5.73 Å². The minimum atomic E-state index is 0.483. The van der Waals surface area contributed by atoms with E-state index in [9.17, 15) is 0 Å². The smallest absolute Gasteiger partial charge is 0.0449 e. The zero-order chi connectivity index (χ0) is 12.2. The maximum absolute atomic E-state index is 5.20. The summed E-state index contributed by atoms with van der Waals surface area (Å²) in [7, 11) is 0. The van der Waals surface area contributed by atoms with Crippen LogP contribution in [0.25, 0.3) is 0 Å². The minimum Gasteiger partial charge on any atom is -0.405 e. The molecule has 2 heteroatoms. The van der Waals surface area contributed by atoms with E-state index in [4.69, 9.17) is 5.73 Å². The van der Waals surface area contributed by atoms with Crippen LogP contribution in [-0.2, 0) is 0 Å². The average molecular weight is 220 g/mol. The first-order valence-corrected chi connectivity index (χ1v) is 5.89. The third-order valence-electron chi connectivity index (χ3n) is 2.15. The second kappa shape index (κ2) is 10.2. The molecule has 0 saturated carbocycles. The molecule has 2 nitrogen and oxygen atoms in total. The number of hydrogen-bond donors (Lipinski definition) is 1. The third-order valence-corrected chi connectivity index (χ3v) is 2.15. The van der Waals surface area contributed by atoms with Crippen molar-refractivity contribution in [3.05, 3.63) is 36.1 Å². The van der Waals surface area contributed by atoms with Gasteiger partial charge in [0.2, 0.25) is 0 Å². The molecule has 0 amide bonds. The van der Waals surface area contributed by atoms with Crippen LogP contribution < -0.4 is 5.73 Å². The average Bonchev–Trinajstić information content (AvgIpc) is 2.25. The van der Waals surface area contributed by atoms with Gasteiger partial charge in [-0.1, -0.05) is 37.6 Å². The molecule has 0 aliphatic carbocycles. The molecule has 2 N–H and O–H groups in total. The van der Waals surface area contributed by atoms with Crippen molar-refractivity contribution in [3.8, 4) is 0 Å². The van der Waals surface area contributed by atoms with Crippen molar-refractivity contribution in [2.45, 2.75) is 33.6 Å². The molecule has 0 heterocycles. The van der Waals surface area contributed by atoms with Gasteiger partial charge in [-0.3, -0.25) is 4.99 Å². The lowest BCUT2D eigenvalue weighted by atomic mass is 10.1. The highest BCUT2D eigenvalue weighted by Crippen LogP contribution is 2.05. The van der Waals surface area contributed by atoms with Crippen LogP contribution in [0.1, 0.15) is 33.6 Å². The maximum Gasteiger partial charge on any atom is 0.0449 e. The van der Waals surface area contributed by atoms with Gasteiger partial charge in [-0.2, -0.15) is 0 Å². The number of nitrogens with two attached hydrogens (primary N) is 1. The molecule has 0 aliphatic rings. The van der Waals surface area contributed by atoms with Crippen LogP contribution in [-0.4, -0.2) is 12.8 Å². The first kappa shape index (κ1) is 14.7. The lowest BCUT2D eigenvalue weighted by molar-refractivity contribution is 0.741. The fraction of sp³-hybridized carbons (Fsp3) is 0.500. The molecule has 0 aromatic heterocycles. The summed E-state index contributed by atoms with van der Waals surface area (Å²) in [5, 5.41) is 0. The Bertz CT molecular complexity index is 272. The van der Waals surface area contributed by atoms with Gasteiger partial charge in [0.25, 0.3) is 0 Å². The highest BCUT2D eigenvalue weighted by molar-refractivity contribution is 5.70. The highest BCUT2D eigenvalue weighted by atomic mass is 14.7. The fourth-order valence-electron chi connectivity index (χ4n) is 1.32. The summed E-state index contributed by atoms with van der Waals surface area (Å²) in [6.07, 6.45) is 13.8. The Balaban J connectivity index is 3.82. The molecule has 0 radical (unpaired) electrons. The molecule has 0 aromatic carbocycles. The normalized spacial score (nSPS) is 15.6. The number of hydrogen-bond acceptors (Lipinski definition) is 2. The Morgan fingerprint density at radius 1 is 1.44 bits per heavy atom. The van der Waals surface area contributed by atoms with Gasteiger partial charge >= 0.3 is 0 Å². The SMILES string of the molecule is CC/C=C(/C)C/C=C\C(C)CN=C/C=C\N. The monoisotopic (exact) mass is 220 g/mol. The Morgan fingerprint density at radius 3 is 2.81 bits per heavy atom. The van der Waals surface area contributed by atoms with Gasteiger partial charge in [-0.05, 0) is 38.0 Å². The number of nitrogens with zero attached hydrogens (tertiary/aromatic N) is 1. The van der Waals surface area contributed by atoms with Gasteiger partial charge in [0.1, 0.15) is 0 Å². The van der Waals surface area contributed by atoms with Crippen LogP contribution in [0.2, 0.25) is 0 Å². The lowest BCUT2D eigenvalue weighted by Gasteiger charge is -2.00. The molecule has 0 spiro atoms. The molecule has 0 aliphatic heterocycles. The largest absolute Gasteiger partial charge is 0.405 e. The molecule has 0 bridgehead atoms. The second-order valence-electron chi connectivity index (χ2n) is 3.97. The van der Waals surface area contributed by atoms with Gasteiger partial charge in [-0.25, -0.2) is 0 Å². The van der Waals surface area contributed by atoms with Crippen molar-refractivity contribution >= 4 is 6.21 Å². The molecule has 1 unspecified atom stereocenters. The molecular weight excluding hydrogens is 196 g/mol. The van der Waals surface area contributed by atoms with Crippen molar-refractivity contribution in [2.75, 3.05) is 6.54 Å². The summed E-state index contributed by atoms with van der Waals surface area (Å²) >= 11 is 0. The summed E-state index contributed by atoms with van der Waals surface area (Å²) in [5.41, 5.74) is 6.63. The molecule has 1 atom stereocenters. The fourth-order valence-corrected chi connectivity index (χ4v) is 1.32. The van der Waals surface area contributed by atoms with Crippen LogP contribution >= 0.6 is 0 Å². The van der Waals surface area contributed by atoms with Gasteiger partial charge in [0.15, 0.2) is 0 Å². The van der Waals surface area contributed by atoms with Gasteiger partial charge in [0.05, 0.1) is 0 Å². The predicted molar refractivity (Wildman–Crippen MR) is 73.7 cm³/mol. The van der Waals surface area contributed by atoms with Crippen molar-refractivity contribution in [1.82, 2.24) is 0 Å². The minimum absolute atomic E-state index is 0.483. The molecule has 0 rings (SSSR count). The van der Waals surface area contributed by atoms with Crippen LogP contribution in [0.4, 0.5) is 0 Å². The zero-order valence-electron chi connectivity index (χ0n) is 10.7. The van der Waals surface area contributed by atoms with Gasteiger partial charge in [0, 0.05) is 12.8 Å². The first-order valence-electron chi connectivity index (χ1n) is 5.89. The Labute approximate surface area is 99.6 Å². The quantitative estimate of drug-likeness (QED) is 0.518. The highest BCUT2D eigenvalue weighted by Gasteiger charge is 1.92. The maximum atomic E-state index is 5.20. The van der Waals surface area contributed by atoms with Crippen LogP contribution in [0.3, 0.4) is 0 Å². The van der Waals surface area contributed by atoms with E-state index in [0.29, 0.717) is 5.92 Å². The van der Waals surface area contributed by atoms with Crippen LogP contribution in [0, 0.1) is 5.92 Å². The van der Waals surface area contributed by atoms with E-state index < -0.39 is 0 Å². The van der Waals surface area contributed by atoms with E-state index in [0.717, 1.165) is 19.4 Å². The zero-order valence-corrected chi connectivity index (χ0v) is 10.7. The Kier molecular flexibility index (Phi) is 9.38. The van der Waals surface area contributed by atoms with E-state index in [-0.39, 0.29) is 0 Å².